The van der Waals surface area contributed by atoms with Crippen molar-refractivity contribution in [2.45, 2.75) is 4.90 Å². The van der Waals surface area contributed by atoms with E-state index >= 15 is 0 Å². The zero-order chi connectivity index (χ0) is 17.5. The summed E-state index contributed by atoms with van der Waals surface area (Å²) in [4.78, 5) is -0.950. The quantitative estimate of drug-likeness (QED) is 0.659. The second kappa shape index (κ2) is 6.07. The number of hydrogen-bond donors (Lipinski definition) is 0. The van der Waals surface area contributed by atoms with Crippen LogP contribution in [0.25, 0.3) is 22.3 Å². The highest BCUT2D eigenvalue weighted by Gasteiger charge is 2.22. The van der Waals surface area contributed by atoms with Crippen molar-refractivity contribution in [3.05, 3.63) is 64.6 Å². The lowest BCUT2D eigenvalue weighted by Gasteiger charge is -2.08. The van der Waals surface area contributed by atoms with E-state index in [1.54, 1.807) is 22.9 Å². The Bertz CT molecular complexity index is 1000. The molecule has 1 aromatic heterocycles. The molecular formula is C17H11F3O2S2. The van der Waals surface area contributed by atoms with Crippen LogP contribution in [0.2, 0.25) is 0 Å². The molecule has 24 heavy (non-hydrogen) atoms. The van der Waals surface area contributed by atoms with Gasteiger partial charge in [-0.15, -0.1) is 0 Å². The zero-order valence-corrected chi connectivity index (χ0v) is 14.0. The van der Waals surface area contributed by atoms with E-state index in [4.69, 9.17) is 0 Å². The number of hydrogen-bond acceptors (Lipinski definition) is 3. The van der Waals surface area contributed by atoms with Gasteiger partial charge >= 0.3 is 0 Å². The predicted octanol–water partition coefficient (Wildman–Crippen LogP) is 4.90. The fourth-order valence-electron chi connectivity index (χ4n) is 2.47. The third kappa shape index (κ3) is 3.09. The number of halogens is 3. The number of thiophene rings is 1. The smallest absolute Gasteiger partial charge is 0.181 e. The number of benzene rings is 2. The molecule has 0 aliphatic heterocycles. The minimum Gasteiger partial charge on any atom is -0.224 e. The summed E-state index contributed by atoms with van der Waals surface area (Å²) in [6, 6.07) is 7.81. The van der Waals surface area contributed by atoms with Gasteiger partial charge in [0.1, 0.15) is 22.3 Å². The zero-order valence-electron chi connectivity index (χ0n) is 12.4. The second-order valence-electron chi connectivity index (χ2n) is 5.25. The highest BCUT2D eigenvalue weighted by molar-refractivity contribution is 7.90. The Morgan fingerprint density at radius 1 is 0.875 bits per heavy atom. The van der Waals surface area contributed by atoms with Gasteiger partial charge in [-0.05, 0) is 46.2 Å². The van der Waals surface area contributed by atoms with Gasteiger partial charge in [0.2, 0.25) is 0 Å². The average molecular weight is 368 g/mol. The Morgan fingerprint density at radius 2 is 1.46 bits per heavy atom. The van der Waals surface area contributed by atoms with Crippen LogP contribution in [0.5, 0.6) is 0 Å². The first kappa shape index (κ1) is 16.7. The molecule has 0 saturated heterocycles. The Kier molecular flexibility index (Phi) is 4.23. The van der Waals surface area contributed by atoms with Gasteiger partial charge in [0.25, 0.3) is 0 Å². The third-order valence-corrected chi connectivity index (χ3v) is 5.35. The standard InChI is InChI=1S/C17H11F3O2S2/c1-24(21,22)17-15(19)6-11(7-16(17)20)14-9-23-8-13(14)10-3-2-4-12(18)5-10/h2-9H,1H3. The molecule has 3 rings (SSSR count). The van der Waals surface area contributed by atoms with Crippen LogP contribution < -0.4 is 0 Å². The summed E-state index contributed by atoms with van der Waals surface area (Å²) in [6.07, 6.45) is 0.747. The molecule has 0 aliphatic carbocycles. The lowest BCUT2D eigenvalue weighted by Crippen LogP contribution is -2.04. The van der Waals surface area contributed by atoms with Crippen LogP contribution in [0.15, 0.2) is 52.1 Å². The van der Waals surface area contributed by atoms with E-state index in [0.717, 1.165) is 18.4 Å². The first-order valence-corrected chi connectivity index (χ1v) is 9.62. The molecule has 1 heterocycles. The molecule has 0 spiro atoms. The van der Waals surface area contributed by atoms with Gasteiger partial charge in [-0.2, -0.15) is 11.3 Å². The van der Waals surface area contributed by atoms with Crippen LogP contribution in [0.3, 0.4) is 0 Å². The van der Waals surface area contributed by atoms with Crippen molar-refractivity contribution in [1.29, 1.82) is 0 Å². The van der Waals surface area contributed by atoms with Gasteiger partial charge in [0, 0.05) is 17.4 Å². The van der Waals surface area contributed by atoms with Crippen LogP contribution in [0, 0.1) is 17.5 Å². The van der Waals surface area contributed by atoms with Crippen LogP contribution in [0.4, 0.5) is 13.2 Å². The molecule has 0 fully saturated rings. The van der Waals surface area contributed by atoms with Crippen molar-refractivity contribution in [2.75, 3.05) is 6.26 Å². The molecule has 2 aromatic carbocycles. The van der Waals surface area contributed by atoms with E-state index in [1.165, 1.54) is 23.5 Å². The van der Waals surface area contributed by atoms with E-state index in [9.17, 15) is 21.6 Å². The highest BCUT2D eigenvalue weighted by Crippen LogP contribution is 2.37. The van der Waals surface area contributed by atoms with E-state index in [1.807, 2.05) is 0 Å². The lowest BCUT2D eigenvalue weighted by atomic mass is 9.99. The lowest BCUT2D eigenvalue weighted by molar-refractivity contribution is 0.522. The minimum atomic E-state index is -4.01. The summed E-state index contributed by atoms with van der Waals surface area (Å²) in [5, 5.41) is 3.42. The van der Waals surface area contributed by atoms with Crippen LogP contribution in [-0.2, 0) is 9.84 Å². The van der Waals surface area contributed by atoms with E-state index in [0.29, 0.717) is 16.7 Å². The van der Waals surface area contributed by atoms with Gasteiger partial charge in [-0.25, -0.2) is 21.6 Å². The summed E-state index contributed by atoms with van der Waals surface area (Å²) < 4.78 is 64.6. The first-order valence-electron chi connectivity index (χ1n) is 6.79. The molecule has 124 valence electrons. The maximum Gasteiger partial charge on any atom is 0.181 e. The predicted molar refractivity (Wildman–Crippen MR) is 88.2 cm³/mol. The molecular weight excluding hydrogens is 357 g/mol. The fraction of sp³-hybridized carbons (Fsp3) is 0.0588. The van der Waals surface area contributed by atoms with Crippen LogP contribution in [0.1, 0.15) is 0 Å². The fourth-order valence-corrected chi connectivity index (χ4v) is 4.16. The molecule has 0 saturated carbocycles. The van der Waals surface area contributed by atoms with Crippen molar-refractivity contribution in [3.63, 3.8) is 0 Å². The molecule has 7 heteroatoms. The molecule has 0 aliphatic rings. The van der Waals surface area contributed by atoms with Gasteiger partial charge in [0.05, 0.1) is 0 Å². The minimum absolute atomic E-state index is 0.193. The van der Waals surface area contributed by atoms with Crippen LogP contribution >= 0.6 is 11.3 Å². The van der Waals surface area contributed by atoms with Crippen molar-refractivity contribution < 1.29 is 21.6 Å². The summed E-state index contributed by atoms with van der Waals surface area (Å²) in [5.74, 6) is -2.72. The topological polar surface area (TPSA) is 34.1 Å². The van der Waals surface area contributed by atoms with Gasteiger partial charge in [-0.3, -0.25) is 0 Å². The van der Waals surface area contributed by atoms with E-state index < -0.39 is 32.2 Å². The Labute approximate surface area is 141 Å². The average Bonchev–Trinajstić information content (AvgIpc) is 2.94. The van der Waals surface area contributed by atoms with Gasteiger partial charge < -0.3 is 0 Å². The van der Waals surface area contributed by atoms with Crippen molar-refractivity contribution in [2.24, 2.45) is 0 Å². The normalized spacial score (nSPS) is 11.7. The Hall–Kier alpha value is -2.12. The maximum atomic E-state index is 14.1. The SMILES string of the molecule is CS(=O)(=O)c1c(F)cc(-c2cscc2-c2cccc(F)c2)cc1F. The van der Waals surface area contributed by atoms with Gasteiger partial charge in [-0.1, -0.05) is 12.1 Å². The molecule has 0 unspecified atom stereocenters. The molecule has 2 nitrogen and oxygen atoms in total. The van der Waals surface area contributed by atoms with Crippen molar-refractivity contribution in [3.8, 4) is 22.3 Å². The van der Waals surface area contributed by atoms with Crippen molar-refractivity contribution in [1.82, 2.24) is 0 Å². The summed E-state index contributed by atoms with van der Waals surface area (Å²) in [7, 11) is -4.01. The Morgan fingerprint density at radius 3 is 2.00 bits per heavy atom. The van der Waals surface area contributed by atoms with E-state index in [2.05, 4.69) is 0 Å². The highest BCUT2D eigenvalue weighted by atomic mass is 32.2. The van der Waals surface area contributed by atoms with Crippen LogP contribution in [-0.4, -0.2) is 14.7 Å². The summed E-state index contributed by atoms with van der Waals surface area (Å²) >= 11 is 1.30. The summed E-state index contributed by atoms with van der Waals surface area (Å²) in [5.41, 5.74) is 1.88. The third-order valence-electron chi connectivity index (χ3n) is 3.48. The van der Waals surface area contributed by atoms with Crippen molar-refractivity contribution >= 4 is 21.2 Å². The molecule has 3 aromatic rings. The largest absolute Gasteiger partial charge is 0.224 e. The number of sulfone groups is 1. The Balaban J connectivity index is 2.17. The second-order valence-corrected chi connectivity index (χ2v) is 7.95. The molecule has 0 bridgehead atoms. The van der Waals surface area contributed by atoms with Gasteiger partial charge in [0.15, 0.2) is 9.84 Å². The monoisotopic (exact) mass is 368 g/mol. The molecule has 0 atom stereocenters. The van der Waals surface area contributed by atoms with E-state index in [-0.39, 0.29) is 5.56 Å². The maximum absolute atomic E-state index is 14.1. The summed E-state index contributed by atoms with van der Waals surface area (Å²) in [6.45, 7) is 0. The first-order chi connectivity index (χ1) is 11.3. The molecule has 0 N–H and O–H groups in total. The molecule has 0 amide bonds. The number of rotatable bonds is 3. The molecule has 0 radical (unpaired) electrons.